The second-order valence-electron chi connectivity index (χ2n) is 7.26. The van der Waals surface area contributed by atoms with E-state index in [1.807, 2.05) is 0 Å². The fourth-order valence-corrected chi connectivity index (χ4v) is 3.80. The van der Waals surface area contributed by atoms with Crippen molar-refractivity contribution in [2.75, 3.05) is 13.2 Å². The summed E-state index contributed by atoms with van der Waals surface area (Å²) in [5.74, 6) is 1.16. The molecule has 0 amide bonds. The van der Waals surface area contributed by atoms with Gasteiger partial charge in [-0.25, -0.2) is 0 Å². The molecular weight excluding hydrogens is 226 g/mol. The molecule has 1 aliphatic heterocycles. The van der Waals surface area contributed by atoms with E-state index in [2.05, 4.69) is 33.0 Å². The highest BCUT2D eigenvalue weighted by Crippen LogP contribution is 2.38. The number of ether oxygens (including phenoxy) is 1. The Bertz CT molecular complexity index is 288. The van der Waals surface area contributed by atoms with Gasteiger partial charge in [0.05, 0.1) is 11.2 Å². The van der Waals surface area contributed by atoms with Gasteiger partial charge in [-0.1, -0.05) is 6.42 Å². The molecule has 3 heteroatoms. The predicted molar refractivity (Wildman–Crippen MR) is 73.6 cm³/mol. The molecule has 3 nitrogen and oxygen atoms in total. The first-order valence-electron chi connectivity index (χ1n) is 7.38. The third kappa shape index (κ3) is 3.06. The lowest BCUT2D eigenvalue weighted by Gasteiger charge is -2.29. The number of hydrogen-bond donors (Lipinski definition) is 2. The molecule has 106 valence electrons. The Kier molecular flexibility index (Phi) is 4.05. The van der Waals surface area contributed by atoms with Gasteiger partial charge in [-0.2, -0.15) is 0 Å². The van der Waals surface area contributed by atoms with Gasteiger partial charge in [0.25, 0.3) is 0 Å². The number of nitrogens with one attached hydrogen (secondary N) is 1. The molecular formula is C15H29NO2. The van der Waals surface area contributed by atoms with Crippen LogP contribution >= 0.6 is 0 Å². The highest BCUT2D eigenvalue weighted by Gasteiger charge is 2.45. The van der Waals surface area contributed by atoms with Crippen LogP contribution in [0.3, 0.4) is 0 Å². The molecule has 2 rings (SSSR count). The minimum absolute atomic E-state index is 0.0206. The van der Waals surface area contributed by atoms with Crippen LogP contribution in [-0.2, 0) is 4.74 Å². The SMILES string of the molecule is CC1(C)CC(NCC2CCCC2CO)C(C)(C)O1. The molecule has 3 atom stereocenters. The quantitative estimate of drug-likeness (QED) is 0.810. The van der Waals surface area contributed by atoms with Crippen LogP contribution in [0, 0.1) is 11.8 Å². The van der Waals surface area contributed by atoms with E-state index in [0.717, 1.165) is 13.0 Å². The molecule has 1 heterocycles. The van der Waals surface area contributed by atoms with Crippen molar-refractivity contribution in [3.63, 3.8) is 0 Å². The van der Waals surface area contributed by atoms with Gasteiger partial charge in [-0.05, 0) is 65.3 Å². The first kappa shape index (κ1) is 14.3. The van der Waals surface area contributed by atoms with E-state index < -0.39 is 0 Å². The van der Waals surface area contributed by atoms with Gasteiger partial charge in [0, 0.05) is 12.6 Å². The fraction of sp³-hybridized carbons (Fsp3) is 1.00. The van der Waals surface area contributed by atoms with E-state index >= 15 is 0 Å². The van der Waals surface area contributed by atoms with Crippen molar-refractivity contribution in [1.29, 1.82) is 0 Å². The van der Waals surface area contributed by atoms with Gasteiger partial charge in [-0.3, -0.25) is 0 Å². The Labute approximate surface area is 111 Å². The first-order chi connectivity index (χ1) is 8.34. The Morgan fingerprint density at radius 3 is 2.39 bits per heavy atom. The molecule has 0 radical (unpaired) electrons. The maximum atomic E-state index is 9.36. The number of aliphatic hydroxyl groups excluding tert-OH is 1. The maximum absolute atomic E-state index is 9.36. The topological polar surface area (TPSA) is 41.5 Å². The van der Waals surface area contributed by atoms with E-state index in [1.165, 1.54) is 19.3 Å². The average Bonchev–Trinajstić information content (AvgIpc) is 2.76. The Hall–Kier alpha value is -0.120. The standard InChI is InChI=1S/C15H29NO2/c1-14(2)8-13(15(3,4)18-14)16-9-11-6-5-7-12(11)10-17/h11-13,16-17H,5-10H2,1-4H3. The summed E-state index contributed by atoms with van der Waals surface area (Å²) in [5.41, 5.74) is -0.107. The van der Waals surface area contributed by atoms with Crippen LogP contribution in [0.1, 0.15) is 53.4 Å². The van der Waals surface area contributed by atoms with Gasteiger partial charge >= 0.3 is 0 Å². The molecule has 0 aromatic carbocycles. The molecule has 0 bridgehead atoms. The predicted octanol–water partition coefficient (Wildman–Crippen LogP) is 2.33. The zero-order valence-electron chi connectivity index (χ0n) is 12.3. The van der Waals surface area contributed by atoms with E-state index in [-0.39, 0.29) is 11.2 Å². The lowest BCUT2D eigenvalue weighted by molar-refractivity contribution is -0.0700. The van der Waals surface area contributed by atoms with Crippen LogP contribution in [0.15, 0.2) is 0 Å². The van der Waals surface area contributed by atoms with Crippen molar-refractivity contribution in [2.24, 2.45) is 11.8 Å². The van der Waals surface area contributed by atoms with Crippen molar-refractivity contribution >= 4 is 0 Å². The van der Waals surface area contributed by atoms with Crippen molar-refractivity contribution < 1.29 is 9.84 Å². The Morgan fingerprint density at radius 2 is 1.83 bits per heavy atom. The lowest BCUT2D eigenvalue weighted by Crippen LogP contribution is -2.45. The summed E-state index contributed by atoms with van der Waals surface area (Å²) < 4.78 is 6.11. The molecule has 2 N–H and O–H groups in total. The van der Waals surface area contributed by atoms with Gasteiger partial charge < -0.3 is 15.2 Å². The molecule has 0 aromatic heterocycles. The number of aliphatic hydroxyl groups is 1. The van der Waals surface area contributed by atoms with Crippen molar-refractivity contribution in [3.8, 4) is 0 Å². The van der Waals surface area contributed by atoms with Gasteiger partial charge in [0.2, 0.25) is 0 Å². The van der Waals surface area contributed by atoms with Crippen LogP contribution in [0.5, 0.6) is 0 Å². The Morgan fingerprint density at radius 1 is 1.17 bits per heavy atom. The van der Waals surface area contributed by atoms with Crippen LogP contribution in [0.2, 0.25) is 0 Å². The van der Waals surface area contributed by atoms with E-state index in [1.54, 1.807) is 0 Å². The summed E-state index contributed by atoms with van der Waals surface area (Å²) >= 11 is 0. The summed E-state index contributed by atoms with van der Waals surface area (Å²) in [6.45, 7) is 10.1. The molecule has 2 aliphatic rings. The van der Waals surface area contributed by atoms with E-state index in [0.29, 0.717) is 24.5 Å². The zero-order valence-corrected chi connectivity index (χ0v) is 12.3. The fourth-order valence-electron chi connectivity index (χ4n) is 3.80. The molecule has 2 fully saturated rings. The second kappa shape index (κ2) is 5.10. The van der Waals surface area contributed by atoms with Gasteiger partial charge in [0.1, 0.15) is 0 Å². The van der Waals surface area contributed by atoms with E-state index in [4.69, 9.17) is 4.74 Å². The Balaban J connectivity index is 1.87. The third-order valence-corrected chi connectivity index (χ3v) is 4.75. The zero-order chi connectivity index (χ0) is 13.4. The summed E-state index contributed by atoms with van der Waals surface area (Å²) in [4.78, 5) is 0. The minimum atomic E-state index is -0.0865. The monoisotopic (exact) mass is 255 g/mol. The molecule has 1 saturated heterocycles. The number of hydrogen-bond acceptors (Lipinski definition) is 3. The van der Waals surface area contributed by atoms with Gasteiger partial charge in [-0.15, -0.1) is 0 Å². The largest absolute Gasteiger partial charge is 0.396 e. The average molecular weight is 255 g/mol. The summed E-state index contributed by atoms with van der Waals surface area (Å²) in [6, 6.07) is 0.424. The second-order valence-corrected chi connectivity index (χ2v) is 7.26. The van der Waals surface area contributed by atoms with Crippen LogP contribution in [-0.4, -0.2) is 35.5 Å². The van der Waals surface area contributed by atoms with Crippen molar-refractivity contribution in [2.45, 2.75) is 70.6 Å². The molecule has 18 heavy (non-hydrogen) atoms. The summed E-state index contributed by atoms with van der Waals surface area (Å²) in [6.07, 6.45) is 4.79. The number of rotatable bonds is 4. The molecule has 0 aromatic rings. The smallest absolute Gasteiger partial charge is 0.0787 e. The molecule has 3 unspecified atom stereocenters. The normalized spacial score (nSPS) is 38.2. The maximum Gasteiger partial charge on any atom is 0.0787 e. The molecule has 0 spiro atoms. The van der Waals surface area contributed by atoms with Crippen LogP contribution in [0.25, 0.3) is 0 Å². The van der Waals surface area contributed by atoms with E-state index in [9.17, 15) is 5.11 Å². The third-order valence-electron chi connectivity index (χ3n) is 4.75. The van der Waals surface area contributed by atoms with Gasteiger partial charge in [0.15, 0.2) is 0 Å². The van der Waals surface area contributed by atoms with Crippen molar-refractivity contribution in [1.82, 2.24) is 5.32 Å². The summed E-state index contributed by atoms with van der Waals surface area (Å²) in [7, 11) is 0. The molecule has 1 aliphatic carbocycles. The first-order valence-corrected chi connectivity index (χ1v) is 7.38. The summed E-state index contributed by atoms with van der Waals surface area (Å²) in [5, 5.41) is 13.1. The lowest BCUT2D eigenvalue weighted by atomic mass is 9.92. The molecule has 1 saturated carbocycles. The van der Waals surface area contributed by atoms with Crippen LogP contribution in [0.4, 0.5) is 0 Å². The minimum Gasteiger partial charge on any atom is -0.396 e. The van der Waals surface area contributed by atoms with Crippen LogP contribution < -0.4 is 5.32 Å². The van der Waals surface area contributed by atoms with Crippen molar-refractivity contribution in [3.05, 3.63) is 0 Å². The highest BCUT2D eigenvalue weighted by atomic mass is 16.5. The highest BCUT2D eigenvalue weighted by molar-refractivity contribution is 4.99.